The number of esters is 1. The number of ether oxygens (including phenoxy) is 5. The molecule has 7 nitrogen and oxygen atoms in total. The van der Waals surface area contributed by atoms with E-state index in [1.165, 1.54) is 34.5 Å². The van der Waals surface area contributed by atoms with Crippen LogP contribution in [0.5, 0.6) is 28.7 Å². The summed E-state index contributed by atoms with van der Waals surface area (Å²) in [6.07, 6.45) is 0. The van der Waals surface area contributed by atoms with E-state index in [9.17, 15) is 9.90 Å². The Bertz CT molecular complexity index is 1070. The zero-order chi connectivity index (χ0) is 21.1. The van der Waals surface area contributed by atoms with Crippen LogP contribution in [-0.2, 0) is 4.74 Å². The summed E-state index contributed by atoms with van der Waals surface area (Å²) in [7, 11) is 7.40. The van der Waals surface area contributed by atoms with Crippen molar-refractivity contribution in [3.63, 3.8) is 0 Å². The van der Waals surface area contributed by atoms with Crippen molar-refractivity contribution >= 4 is 16.7 Å². The molecule has 0 amide bonds. The van der Waals surface area contributed by atoms with Gasteiger partial charge < -0.3 is 28.8 Å². The summed E-state index contributed by atoms with van der Waals surface area (Å²) in [4.78, 5) is 12.5. The number of hydrogen-bond acceptors (Lipinski definition) is 7. The quantitative estimate of drug-likeness (QED) is 0.628. The van der Waals surface area contributed by atoms with E-state index in [1.807, 2.05) is 0 Å². The lowest BCUT2D eigenvalue weighted by Crippen LogP contribution is -2.05. The molecule has 3 rings (SSSR count). The number of hydrogen-bond donors (Lipinski definition) is 1. The summed E-state index contributed by atoms with van der Waals surface area (Å²) in [6, 6.07) is 10.1. The van der Waals surface area contributed by atoms with E-state index in [4.69, 9.17) is 23.7 Å². The van der Waals surface area contributed by atoms with Gasteiger partial charge in [0.2, 0.25) is 0 Å². The van der Waals surface area contributed by atoms with Crippen molar-refractivity contribution in [2.45, 2.75) is 0 Å². The van der Waals surface area contributed by atoms with Crippen LogP contribution in [0.25, 0.3) is 21.9 Å². The highest BCUT2D eigenvalue weighted by Crippen LogP contribution is 2.44. The molecule has 0 radical (unpaired) electrons. The highest BCUT2D eigenvalue weighted by atomic mass is 16.5. The fourth-order valence-electron chi connectivity index (χ4n) is 3.30. The molecule has 0 unspecified atom stereocenters. The van der Waals surface area contributed by atoms with E-state index in [-0.39, 0.29) is 11.3 Å². The second kappa shape index (κ2) is 8.18. The SMILES string of the molecule is COC(=O)c1cc(O)c2cc(OC)c(OC)cc2c1-c1ccc(OC)c(OC)c1. The van der Waals surface area contributed by atoms with Gasteiger partial charge in [0.1, 0.15) is 5.75 Å². The molecule has 0 saturated carbocycles. The van der Waals surface area contributed by atoms with Crippen LogP contribution in [0.2, 0.25) is 0 Å². The Morgan fingerprint density at radius 2 is 1.28 bits per heavy atom. The molecular weight excluding hydrogens is 376 g/mol. The average Bonchev–Trinajstić information content (AvgIpc) is 2.76. The minimum atomic E-state index is -0.582. The number of phenols is 1. The molecule has 0 spiro atoms. The maximum atomic E-state index is 12.5. The predicted octanol–water partition coefficient (Wildman–Crippen LogP) is 4.03. The minimum absolute atomic E-state index is 0.0782. The first kappa shape index (κ1) is 20.1. The van der Waals surface area contributed by atoms with Crippen LogP contribution in [0.15, 0.2) is 36.4 Å². The number of carbonyl (C=O) groups is 1. The standard InChI is InChI=1S/C22H22O7/c1-25-17-7-6-12(8-18(17)26-2)21-14-11-20(28-4)19(27-3)10-13(14)16(23)9-15(21)22(24)29-5/h6-11,23H,1-5H3. The molecule has 0 heterocycles. The Kier molecular flexibility index (Phi) is 5.68. The molecule has 0 aliphatic carbocycles. The van der Waals surface area contributed by atoms with Crippen molar-refractivity contribution in [2.24, 2.45) is 0 Å². The Balaban J connectivity index is 2.44. The van der Waals surface area contributed by atoms with Crippen LogP contribution in [0.1, 0.15) is 10.4 Å². The van der Waals surface area contributed by atoms with Gasteiger partial charge in [-0.1, -0.05) is 6.07 Å². The fraction of sp³-hybridized carbons (Fsp3) is 0.227. The third-order valence-electron chi connectivity index (χ3n) is 4.70. The number of aromatic hydroxyl groups is 1. The Labute approximate surface area is 168 Å². The number of benzene rings is 3. The van der Waals surface area contributed by atoms with E-state index >= 15 is 0 Å². The summed E-state index contributed by atoms with van der Waals surface area (Å²) < 4.78 is 26.4. The van der Waals surface area contributed by atoms with Gasteiger partial charge in [-0.25, -0.2) is 4.79 Å². The van der Waals surface area contributed by atoms with Crippen LogP contribution >= 0.6 is 0 Å². The number of fused-ring (bicyclic) bond motifs is 1. The number of methoxy groups -OCH3 is 5. The predicted molar refractivity (Wildman–Crippen MR) is 109 cm³/mol. The third kappa shape index (κ3) is 3.47. The second-order valence-corrected chi connectivity index (χ2v) is 6.13. The lowest BCUT2D eigenvalue weighted by Gasteiger charge is -2.17. The molecular formula is C22H22O7. The largest absolute Gasteiger partial charge is 0.507 e. The van der Waals surface area contributed by atoms with Crippen LogP contribution in [0, 0.1) is 0 Å². The summed E-state index contributed by atoms with van der Waals surface area (Å²) >= 11 is 0. The molecule has 0 aliphatic heterocycles. The van der Waals surface area contributed by atoms with Gasteiger partial charge in [-0.05, 0) is 41.3 Å². The molecule has 1 N–H and O–H groups in total. The minimum Gasteiger partial charge on any atom is -0.507 e. The smallest absolute Gasteiger partial charge is 0.338 e. The Hall–Kier alpha value is -3.61. The van der Waals surface area contributed by atoms with Crippen molar-refractivity contribution in [3.8, 4) is 39.9 Å². The first-order valence-corrected chi connectivity index (χ1v) is 8.71. The van der Waals surface area contributed by atoms with Crippen molar-refractivity contribution < 1.29 is 33.6 Å². The van der Waals surface area contributed by atoms with Crippen LogP contribution in [0.4, 0.5) is 0 Å². The van der Waals surface area contributed by atoms with Gasteiger partial charge in [-0.15, -0.1) is 0 Å². The van der Waals surface area contributed by atoms with Crippen LogP contribution < -0.4 is 18.9 Å². The first-order chi connectivity index (χ1) is 14.0. The van der Waals surface area contributed by atoms with Crippen molar-refractivity contribution in [1.82, 2.24) is 0 Å². The lowest BCUT2D eigenvalue weighted by atomic mass is 9.92. The van der Waals surface area contributed by atoms with E-state index in [2.05, 4.69) is 0 Å². The average molecular weight is 398 g/mol. The van der Waals surface area contributed by atoms with Crippen molar-refractivity contribution in [1.29, 1.82) is 0 Å². The maximum absolute atomic E-state index is 12.5. The van der Waals surface area contributed by atoms with Gasteiger partial charge in [-0.2, -0.15) is 0 Å². The molecule has 7 heteroatoms. The zero-order valence-electron chi connectivity index (χ0n) is 16.9. The van der Waals surface area contributed by atoms with E-state index in [0.717, 1.165) is 0 Å². The van der Waals surface area contributed by atoms with E-state index in [0.29, 0.717) is 44.9 Å². The second-order valence-electron chi connectivity index (χ2n) is 6.13. The Morgan fingerprint density at radius 1 is 0.724 bits per heavy atom. The maximum Gasteiger partial charge on any atom is 0.338 e. The molecule has 0 fully saturated rings. The molecule has 3 aromatic rings. The number of phenolic OH excluding ortho intramolecular Hbond substituents is 1. The van der Waals surface area contributed by atoms with Crippen molar-refractivity contribution in [3.05, 3.63) is 42.0 Å². The van der Waals surface area contributed by atoms with Crippen LogP contribution in [-0.4, -0.2) is 46.6 Å². The summed E-state index contributed by atoms with van der Waals surface area (Å²) in [5.74, 6) is 1.32. The molecule has 0 atom stereocenters. The monoisotopic (exact) mass is 398 g/mol. The summed E-state index contributed by atoms with van der Waals surface area (Å²) in [5, 5.41) is 11.7. The normalized spacial score (nSPS) is 10.5. The molecule has 0 aromatic heterocycles. The van der Waals surface area contributed by atoms with E-state index in [1.54, 1.807) is 37.4 Å². The van der Waals surface area contributed by atoms with Gasteiger partial charge in [0.05, 0.1) is 41.1 Å². The van der Waals surface area contributed by atoms with Gasteiger partial charge in [0, 0.05) is 10.9 Å². The molecule has 152 valence electrons. The molecule has 3 aromatic carbocycles. The topological polar surface area (TPSA) is 83.5 Å². The molecule has 0 aliphatic rings. The first-order valence-electron chi connectivity index (χ1n) is 8.71. The third-order valence-corrected chi connectivity index (χ3v) is 4.70. The van der Waals surface area contributed by atoms with Crippen LogP contribution in [0.3, 0.4) is 0 Å². The van der Waals surface area contributed by atoms with Gasteiger partial charge in [0.15, 0.2) is 23.0 Å². The lowest BCUT2D eigenvalue weighted by molar-refractivity contribution is 0.0601. The summed E-state index contributed by atoms with van der Waals surface area (Å²) in [6.45, 7) is 0. The fourth-order valence-corrected chi connectivity index (χ4v) is 3.30. The van der Waals surface area contributed by atoms with Gasteiger partial charge in [-0.3, -0.25) is 0 Å². The molecule has 29 heavy (non-hydrogen) atoms. The molecule has 0 saturated heterocycles. The number of rotatable bonds is 6. The van der Waals surface area contributed by atoms with Gasteiger partial charge >= 0.3 is 5.97 Å². The van der Waals surface area contributed by atoms with Crippen molar-refractivity contribution in [2.75, 3.05) is 35.5 Å². The molecule has 0 bridgehead atoms. The highest BCUT2D eigenvalue weighted by molar-refractivity contribution is 6.11. The number of carbonyl (C=O) groups excluding carboxylic acids is 1. The zero-order valence-corrected chi connectivity index (χ0v) is 16.9. The highest BCUT2D eigenvalue weighted by Gasteiger charge is 2.22. The Morgan fingerprint density at radius 3 is 1.83 bits per heavy atom. The summed E-state index contributed by atoms with van der Waals surface area (Å²) in [5.41, 5.74) is 1.45. The van der Waals surface area contributed by atoms with Gasteiger partial charge in [0.25, 0.3) is 0 Å². The van der Waals surface area contributed by atoms with E-state index < -0.39 is 5.97 Å².